The molecule has 0 bridgehead atoms. The van der Waals surface area contributed by atoms with E-state index in [-0.39, 0.29) is 24.6 Å². The van der Waals surface area contributed by atoms with Crippen molar-refractivity contribution in [3.05, 3.63) is 29.6 Å². The van der Waals surface area contributed by atoms with Crippen molar-refractivity contribution < 1.29 is 17.9 Å². The van der Waals surface area contributed by atoms with Gasteiger partial charge >= 0.3 is 0 Å². The maximum Gasteiger partial charge on any atom is 0.255 e. The minimum absolute atomic E-state index is 0.183. The third kappa shape index (κ3) is 3.22. The van der Waals surface area contributed by atoms with Crippen molar-refractivity contribution in [3.63, 3.8) is 0 Å². The molecule has 0 aromatic heterocycles. The minimum atomic E-state index is -2.48. The molecule has 20 heavy (non-hydrogen) atoms. The van der Waals surface area contributed by atoms with E-state index in [0.717, 1.165) is 0 Å². The van der Waals surface area contributed by atoms with Crippen LogP contribution >= 0.6 is 0 Å². The lowest BCUT2D eigenvalue weighted by molar-refractivity contribution is 0.104. The van der Waals surface area contributed by atoms with Gasteiger partial charge < -0.3 is 15.8 Å². The van der Waals surface area contributed by atoms with Crippen molar-refractivity contribution in [1.82, 2.24) is 0 Å². The van der Waals surface area contributed by atoms with Crippen molar-refractivity contribution in [2.24, 2.45) is 10.7 Å². The average molecular weight is 287 g/mol. The number of nitrogens with two attached hydrogens (primary N) is 1. The third-order valence-electron chi connectivity index (χ3n) is 3.03. The number of nitrogens with zero attached hydrogens (tertiary/aromatic N) is 1. The molecule has 7 heteroatoms. The second kappa shape index (κ2) is 5.70. The van der Waals surface area contributed by atoms with E-state index in [9.17, 15) is 13.2 Å². The Bertz CT molecular complexity index is 522. The highest BCUT2D eigenvalue weighted by Crippen LogP contribution is 2.32. The Balaban J connectivity index is 2.30. The van der Waals surface area contributed by atoms with Gasteiger partial charge in [0.05, 0.1) is 13.2 Å². The topological polar surface area (TPSA) is 59.6 Å². The van der Waals surface area contributed by atoms with Gasteiger partial charge in [-0.25, -0.2) is 13.2 Å². The van der Waals surface area contributed by atoms with Gasteiger partial charge in [0.25, 0.3) is 6.43 Å². The third-order valence-corrected chi connectivity index (χ3v) is 3.03. The molecule has 1 aliphatic heterocycles. The summed E-state index contributed by atoms with van der Waals surface area (Å²) in [6, 6.07) is 4.08. The second-order valence-electron chi connectivity index (χ2n) is 4.84. The predicted octanol–water partition coefficient (Wildman–Crippen LogP) is 2.11. The first-order valence-corrected chi connectivity index (χ1v) is 6.15. The van der Waals surface area contributed by atoms with E-state index >= 15 is 0 Å². The number of halogens is 3. The first kappa shape index (κ1) is 14.6. The standard InChI is InChI=1S/C13H16F3N3O/c1-13(7-20-6-12(17)19-13)9-4-8(2-3-10(9)14)18-5-11(15)16/h2-4,11,18H,5-7H2,1H3,(H2,17,19)/t13-/m0/s1. The van der Waals surface area contributed by atoms with E-state index in [0.29, 0.717) is 5.69 Å². The van der Waals surface area contributed by atoms with E-state index in [4.69, 9.17) is 10.5 Å². The van der Waals surface area contributed by atoms with E-state index in [1.807, 2.05) is 0 Å². The van der Waals surface area contributed by atoms with Gasteiger partial charge in [-0.1, -0.05) is 0 Å². The number of benzene rings is 1. The van der Waals surface area contributed by atoms with Gasteiger partial charge in [0.2, 0.25) is 0 Å². The van der Waals surface area contributed by atoms with E-state index < -0.39 is 24.3 Å². The number of anilines is 1. The van der Waals surface area contributed by atoms with Gasteiger partial charge in [-0.3, -0.25) is 4.99 Å². The molecular weight excluding hydrogens is 271 g/mol. The van der Waals surface area contributed by atoms with Crippen LogP contribution in [0, 0.1) is 5.82 Å². The Morgan fingerprint density at radius 2 is 2.25 bits per heavy atom. The number of amidine groups is 1. The molecule has 2 rings (SSSR count). The minimum Gasteiger partial charge on any atom is -0.386 e. The van der Waals surface area contributed by atoms with Gasteiger partial charge in [0.15, 0.2) is 0 Å². The summed E-state index contributed by atoms with van der Waals surface area (Å²) in [5.41, 5.74) is 5.34. The van der Waals surface area contributed by atoms with Crippen LogP contribution in [0.2, 0.25) is 0 Å². The number of alkyl halides is 2. The smallest absolute Gasteiger partial charge is 0.255 e. The Labute approximate surface area is 114 Å². The van der Waals surface area contributed by atoms with Crippen LogP contribution < -0.4 is 11.1 Å². The van der Waals surface area contributed by atoms with E-state index in [1.165, 1.54) is 18.2 Å². The molecule has 0 fully saturated rings. The zero-order chi connectivity index (χ0) is 14.8. The molecule has 1 aliphatic rings. The number of ether oxygens (including phenoxy) is 1. The lowest BCUT2D eigenvalue weighted by Crippen LogP contribution is -2.38. The Kier molecular flexibility index (Phi) is 4.17. The van der Waals surface area contributed by atoms with Crippen LogP contribution in [0.5, 0.6) is 0 Å². The van der Waals surface area contributed by atoms with Gasteiger partial charge in [-0.05, 0) is 25.1 Å². The molecule has 3 N–H and O–H groups in total. The predicted molar refractivity (Wildman–Crippen MR) is 70.7 cm³/mol. The van der Waals surface area contributed by atoms with Crippen molar-refractivity contribution in [1.29, 1.82) is 0 Å². The summed E-state index contributed by atoms with van der Waals surface area (Å²) in [6.45, 7) is 1.58. The number of hydrogen-bond acceptors (Lipinski definition) is 4. The molecular formula is C13H16F3N3O. The lowest BCUT2D eigenvalue weighted by Gasteiger charge is -2.30. The fourth-order valence-electron chi connectivity index (χ4n) is 2.12. The highest BCUT2D eigenvalue weighted by molar-refractivity contribution is 5.82. The first-order valence-electron chi connectivity index (χ1n) is 6.15. The fraction of sp³-hybridized carbons (Fsp3) is 0.462. The zero-order valence-corrected chi connectivity index (χ0v) is 11.0. The molecule has 4 nitrogen and oxygen atoms in total. The van der Waals surface area contributed by atoms with Gasteiger partial charge in [0.1, 0.15) is 23.8 Å². The summed E-state index contributed by atoms with van der Waals surface area (Å²) in [5.74, 6) is -0.193. The van der Waals surface area contributed by atoms with Crippen LogP contribution in [0.1, 0.15) is 12.5 Å². The number of nitrogens with one attached hydrogen (secondary N) is 1. The first-order chi connectivity index (χ1) is 9.40. The lowest BCUT2D eigenvalue weighted by atomic mass is 9.92. The van der Waals surface area contributed by atoms with Crippen molar-refractivity contribution in [2.45, 2.75) is 18.9 Å². The van der Waals surface area contributed by atoms with Gasteiger partial charge in [-0.15, -0.1) is 0 Å². The largest absolute Gasteiger partial charge is 0.386 e. The van der Waals surface area contributed by atoms with Crippen LogP contribution in [0.25, 0.3) is 0 Å². The van der Waals surface area contributed by atoms with Crippen molar-refractivity contribution in [3.8, 4) is 0 Å². The molecule has 0 aliphatic carbocycles. The van der Waals surface area contributed by atoms with Gasteiger partial charge in [-0.2, -0.15) is 0 Å². The van der Waals surface area contributed by atoms with Gasteiger partial charge in [0, 0.05) is 11.3 Å². The highest BCUT2D eigenvalue weighted by atomic mass is 19.3. The van der Waals surface area contributed by atoms with Crippen LogP contribution in [0.4, 0.5) is 18.9 Å². The SMILES string of the molecule is C[C@@]1(c2cc(NCC(F)F)ccc2F)COCC(N)=N1. The summed E-state index contributed by atoms with van der Waals surface area (Å²) < 4.78 is 43.6. The quantitative estimate of drug-likeness (QED) is 0.891. The molecule has 0 radical (unpaired) electrons. The molecule has 0 amide bonds. The Morgan fingerprint density at radius 1 is 1.50 bits per heavy atom. The maximum atomic E-state index is 14.0. The maximum absolute atomic E-state index is 14.0. The van der Waals surface area contributed by atoms with Crippen LogP contribution in [-0.4, -0.2) is 32.0 Å². The van der Waals surface area contributed by atoms with E-state index in [1.54, 1.807) is 6.92 Å². The molecule has 1 aromatic rings. The zero-order valence-electron chi connectivity index (χ0n) is 11.0. The Hall–Kier alpha value is -1.76. The van der Waals surface area contributed by atoms with Crippen molar-refractivity contribution >= 4 is 11.5 Å². The van der Waals surface area contributed by atoms with Crippen molar-refractivity contribution in [2.75, 3.05) is 25.1 Å². The van der Waals surface area contributed by atoms with E-state index in [2.05, 4.69) is 10.3 Å². The van der Waals surface area contributed by atoms with Crippen LogP contribution in [0.15, 0.2) is 23.2 Å². The molecule has 0 unspecified atom stereocenters. The number of rotatable bonds is 4. The molecule has 1 aromatic carbocycles. The number of hydrogen-bond donors (Lipinski definition) is 2. The van der Waals surface area contributed by atoms with Crippen LogP contribution in [0.3, 0.4) is 0 Å². The summed E-state index contributed by atoms with van der Waals surface area (Å²) in [4.78, 5) is 4.24. The molecule has 110 valence electrons. The number of aliphatic imine (C=N–C) groups is 1. The summed E-state index contributed by atoms with van der Waals surface area (Å²) in [5, 5.41) is 2.54. The Morgan fingerprint density at radius 3 is 2.90 bits per heavy atom. The average Bonchev–Trinajstić information content (AvgIpc) is 2.37. The second-order valence-corrected chi connectivity index (χ2v) is 4.84. The highest BCUT2D eigenvalue weighted by Gasteiger charge is 2.32. The normalized spacial score (nSPS) is 22.8. The summed E-state index contributed by atoms with van der Waals surface area (Å²) >= 11 is 0. The monoisotopic (exact) mass is 287 g/mol. The fourth-order valence-corrected chi connectivity index (χ4v) is 2.12. The summed E-state index contributed by atoms with van der Waals surface area (Å²) in [6.07, 6.45) is -2.48. The molecule has 0 saturated carbocycles. The summed E-state index contributed by atoms with van der Waals surface area (Å²) in [7, 11) is 0. The molecule has 0 saturated heterocycles. The molecule has 1 atom stereocenters. The molecule has 0 spiro atoms. The van der Waals surface area contributed by atoms with Crippen LogP contribution in [-0.2, 0) is 10.3 Å². The molecule has 1 heterocycles.